The van der Waals surface area contributed by atoms with Gasteiger partial charge in [-0.05, 0) is 30.9 Å². The van der Waals surface area contributed by atoms with E-state index in [1.54, 1.807) is 38.1 Å². The van der Waals surface area contributed by atoms with Gasteiger partial charge in [-0.15, -0.1) is 0 Å². The lowest BCUT2D eigenvalue weighted by Crippen LogP contribution is -2.30. The SMILES string of the molecule is CC(C)C(O)Nc1nc2c(ncn2[C@@H]2OC(CO)=C(O)C2OCCCCCCN2C(=O)c3ccccc3C2=O)c(=O)[nH]1. The first kappa shape index (κ1) is 29.2. The van der Waals surface area contributed by atoms with Gasteiger partial charge in [-0.1, -0.05) is 38.8 Å². The molecule has 3 aromatic rings. The lowest BCUT2D eigenvalue weighted by atomic mass is 10.1. The van der Waals surface area contributed by atoms with E-state index in [0.29, 0.717) is 30.5 Å². The summed E-state index contributed by atoms with van der Waals surface area (Å²) in [6.07, 6.45) is 1.15. The van der Waals surface area contributed by atoms with Crippen molar-refractivity contribution in [2.24, 2.45) is 5.92 Å². The van der Waals surface area contributed by atoms with Gasteiger partial charge >= 0.3 is 0 Å². The number of nitrogens with zero attached hydrogens (tertiary/aromatic N) is 4. The van der Waals surface area contributed by atoms with E-state index >= 15 is 0 Å². The number of imidazole rings is 1. The Labute approximate surface area is 240 Å². The maximum absolute atomic E-state index is 12.6. The molecule has 0 saturated carbocycles. The molecule has 0 bridgehead atoms. The molecule has 5 N–H and O–H groups in total. The standard InChI is InChI=1S/C28H34N6O8/c1-15(2)23(37)31-28-30-22-19(24(38)32-28)29-14-34(22)27-21(20(36)18(13-35)42-27)41-12-8-4-3-7-11-33-25(39)16-9-5-6-10-17(16)26(33)40/h5-6,9-10,14-15,21,23,27,35-37H,3-4,7-8,11-13H2,1-2H3,(H2,30,31,32,38)/t21?,23?,27-/m1/s1. The smallest absolute Gasteiger partial charge is 0.280 e. The summed E-state index contributed by atoms with van der Waals surface area (Å²) in [7, 11) is 0. The normalized spacial score (nSPS) is 19.2. The molecule has 0 fully saturated rings. The molecule has 2 aliphatic heterocycles. The van der Waals surface area contributed by atoms with Crippen LogP contribution in [0.2, 0.25) is 0 Å². The zero-order valence-corrected chi connectivity index (χ0v) is 23.3. The Kier molecular flexibility index (Phi) is 8.56. The van der Waals surface area contributed by atoms with Gasteiger partial charge < -0.3 is 30.1 Å². The van der Waals surface area contributed by atoms with E-state index in [0.717, 1.165) is 12.8 Å². The van der Waals surface area contributed by atoms with E-state index < -0.39 is 30.7 Å². The molecule has 2 aliphatic rings. The molecule has 5 rings (SSSR count). The molecule has 0 spiro atoms. The number of hydrogen-bond acceptors (Lipinski definition) is 11. The summed E-state index contributed by atoms with van der Waals surface area (Å²) < 4.78 is 13.2. The number of anilines is 1. The molecular formula is C28H34N6O8. The molecule has 224 valence electrons. The van der Waals surface area contributed by atoms with Gasteiger partial charge in [0.05, 0.1) is 11.1 Å². The van der Waals surface area contributed by atoms with Crippen LogP contribution in [-0.2, 0) is 9.47 Å². The first-order chi connectivity index (χ1) is 20.2. The number of carbonyl (C=O) groups is 2. The largest absolute Gasteiger partial charge is 0.506 e. The molecule has 14 heteroatoms. The van der Waals surface area contributed by atoms with Gasteiger partial charge in [0.15, 0.2) is 28.8 Å². The van der Waals surface area contributed by atoms with Crippen LogP contribution in [0.5, 0.6) is 0 Å². The quantitative estimate of drug-likeness (QED) is 0.113. The Bertz CT molecular complexity index is 1530. The van der Waals surface area contributed by atoms with Crippen LogP contribution in [0.3, 0.4) is 0 Å². The molecule has 4 heterocycles. The Morgan fingerprint density at radius 2 is 1.79 bits per heavy atom. The molecule has 0 saturated heterocycles. The number of benzene rings is 1. The van der Waals surface area contributed by atoms with E-state index in [9.17, 15) is 29.7 Å². The van der Waals surface area contributed by atoms with Gasteiger partial charge in [0.2, 0.25) is 12.2 Å². The number of aromatic nitrogens is 4. The minimum atomic E-state index is -0.998. The highest BCUT2D eigenvalue weighted by atomic mass is 16.6. The van der Waals surface area contributed by atoms with Gasteiger partial charge in [-0.25, -0.2) is 4.98 Å². The maximum Gasteiger partial charge on any atom is 0.280 e. The molecule has 0 radical (unpaired) electrons. The molecule has 2 amide bonds. The molecule has 42 heavy (non-hydrogen) atoms. The number of aliphatic hydroxyl groups excluding tert-OH is 3. The second-order valence-electron chi connectivity index (χ2n) is 10.6. The second kappa shape index (κ2) is 12.3. The van der Waals surface area contributed by atoms with Gasteiger partial charge in [-0.2, -0.15) is 4.98 Å². The van der Waals surface area contributed by atoms with Crippen molar-refractivity contribution in [2.75, 3.05) is 25.1 Å². The molecule has 0 aliphatic carbocycles. The number of amides is 2. The number of aliphatic hydroxyl groups is 3. The third-order valence-electron chi connectivity index (χ3n) is 7.30. The number of carbonyl (C=O) groups excluding carboxylic acids is 2. The lowest BCUT2D eigenvalue weighted by Gasteiger charge is -2.22. The molecule has 2 unspecified atom stereocenters. The zero-order chi connectivity index (χ0) is 30.0. The van der Waals surface area contributed by atoms with Crippen LogP contribution in [0, 0.1) is 5.92 Å². The van der Waals surface area contributed by atoms with Crippen molar-refractivity contribution < 1.29 is 34.4 Å². The first-order valence-corrected chi connectivity index (χ1v) is 13.9. The van der Waals surface area contributed by atoms with Crippen LogP contribution < -0.4 is 10.9 Å². The van der Waals surface area contributed by atoms with Crippen LogP contribution in [0.1, 0.15) is 66.5 Å². The van der Waals surface area contributed by atoms with Crippen molar-refractivity contribution in [3.8, 4) is 0 Å². The molecule has 2 aromatic heterocycles. The van der Waals surface area contributed by atoms with Gasteiger partial charge in [0.25, 0.3) is 17.4 Å². The van der Waals surface area contributed by atoms with Crippen molar-refractivity contribution in [2.45, 2.75) is 58.1 Å². The third kappa shape index (κ3) is 5.60. The van der Waals surface area contributed by atoms with Gasteiger partial charge in [0.1, 0.15) is 19.2 Å². The lowest BCUT2D eigenvalue weighted by molar-refractivity contribution is -0.0529. The van der Waals surface area contributed by atoms with Crippen molar-refractivity contribution in [1.82, 2.24) is 24.4 Å². The number of nitrogens with one attached hydrogen (secondary N) is 2. The summed E-state index contributed by atoms with van der Waals surface area (Å²) in [5.41, 5.74) is 0.497. The fraction of sp³-hybridized carbons (Fsp3) is 0.464. The van der Waals surface area contributed by atoms with Gasteiger partial charge in [0, 0.05) is 13.2 Å². The van der Waals surface area contributed by atoms with Crippen LogP contribution >= 0.6 is 0 Å². The highest BCUT2D eigenvalue weighted by Gasteiger charge is 2.40. The van der Waals surface area contributed by atoms with Crippen molar-refractivity contribution in [1.29, 1.82) is 0 Å². The van der Waals surface area contributed by atoms with Crippen LogP contribution in [0.25, 0.3) is 11.2 Å². The fourth-order valence-corrected chi connectivity index (χ4v) is 4.91. The number of hydrogen-bond donors (Lipinski definition) is 5. The number of unbranched alkanes of at least 4 members (excludes halogenated alkanes) is 3. The highest BCUT2D eigenvalue weighted by Crippen LogP contribution is 2.35. The summed E-state index contributed by atoms with van der Waals surface area (Å²) in [5.74, 6) is -0.986. The second-order valence-corrected chi connectivity index (χ2v) is 10.6. The zero-order valence-electron chi connectivity index (χ0n) is 23.3. The van der Waals surface area contributed by atoms with E-state index in [4.69, 9.17) is 9.47 Å². The number of rotatable bonds is 13. The fourth-order valence-electron chi connectivity index (χ4n) is 4.91. The van der Waals surface area contributed by atoms with Crippen LogP contribution in [0.4, 0.5) is 5.95 Å². The number of fused-ring (bicyclic) bond motifs is 2. The molecular weight excluding hydrogens is 548 g/mol. The number of aromatic amines is 1. The maximum atomic E-state index is 12.6. The van der Waals surface area contributed by atoms with E-state index in [1.165, 1.54) is 15.8 Å². The Morgan fingerprint density at radius 1 is 1.10 bits per heavy atom. The van der Waals surface area contributed by atoms with Crippen molar-refractivity contribution in [3.05, 3.63) is 63.6 Å². The Hall–Kier alpha value is -4.27. The van der Waals surface area contributed by atoms with E-state index in [1.807, 2.05) is 0 Å². The third-order valence-corrected chi connectivity index (χ3v) is 7.30. The summed E-state index contributed by atoms with van der Waals surface area (Å²) in [6.45, 7) is 3.61. The number of H-pyrrole nitrogens is 1. The molecule has 3 atom stereocenters. The summed E-state index contributed by atoms with van der Waals surface area (Å²) in [5, 5.41) is 33.3. The predicted octanol–water partition coefficient (Wildman–Crippen LogP) is 2.04. The molecule has 14 nitrogen and oxygen atoms in total. The summed E-state index contributed by atoms with van der Waals surface area (Å²) in [4.78, 5) is 50.0. The Balaban J connectivity index is 1.18. The summed E-state index contributed by atoms with van der Waals surface area (Å²) >= 11 is 0. The van der Waals surface area contributed by atoms with Crippen molar-refractivity contribution in [3.63, 3.8) is 0 Å². The minimum absolute atomic E-state index is 0.0249. The van der Waals surface area contributed by atoms with E-state index in [2.05, 4.69) is 20.3 Å². The number of imide groups is 1. The highest BCUT2D eigenvalue weighted by molar-refractivity contribution is 6.21. The number of ether oxygens (including phenoxy) is 2. The predicted molar refractivity (Wildman–Crippen MR) is 149 cm³/mol. The molecule has 1 aromatic carbocycles. The van der Waals surface area contributed by atoms with Gasteiger partial charge in [-0.3, -0.25) is 28.8 Å². The van der Waals surface area contributed by atoms with Crippen LogP contribution in [-0.4, -0.2) is 83.6 Å². The topological polar surface area (TPSA) is 192 Å². The average Bonchev–Trinajstić information content (AvgIpc) is 3.61. The average molecular weight is 583 g/mol. The monoisotopic (exact) mass is 582 g/mol. The van der Waals surface area contributed by atoms with Crippen LogP contribution in [0.15, 0.2) is 46.9 Å². The minimum Gasteiger partial charge on any atom is -0.506 e. The Morgan fingerprint density at radius 3 is 2.45 bits per heavy atom. The first-order valence-electron chi connectivity index (χ1n) is 13.9. The van der Waals surface area contributed by atoms with E-state index in [-0.39, 0.29) is 53.0 Å². The summed E-state index contributed by atoms with van der Waals surface area (Å²) in [6, 6.07) is 6.80. The van der Waals surface area contributed by atoms with Crippen molar-refractivity contribution >= 4 is 28.9 Å².